The number of carbonyl (C=O) groups is 2. The monoisotopic (exact) mass is 347 g/mol. The molecule has 0 spiro atoms. The lowest BCUT2D eigenvalue weighted by molar-refractivity contribution is -0.144. The predicted molar refractivity (Wildman–Crippen MR) is 89.8 cm³/mol. The van der Waals surface area contributed by atoms with Crippen molar-refractivity contribution in [3.63, 3.8) is 0 Å². The molecular formula is C17H14ClNO5. The maximum absolute atomic E-state index is 11.0. The quantitative estimate of drug-likeness (QED) is 0.778. The van der Waals surface area contributed by atoms with Crippen LogP contribution in [0.15, 0.2) is 47.5 Å². The molecule has 0 radical (unpaired) electrons. The third kappa shape index (κ3) is 4.57. The summed E-state index contributed by atoms with van der Waals surface area (Å²) in [5, 5.41) is 18.1. The first-order valence-electron chi connectivity index (χ1n) is 6.93. The summed E-state index contributed by atoms with van der Waals surface area (Å²) in [6, 6.07) is 10.9. The van der Waals surface area contributed by atoms with Gasteiger partial charge in [0.25, 0.3) is 0 Å². The van der Waals surface area contributed by atoms with Crippen LogP contribution in [0.4, 0.5) is 5.69 Å². The molecule has 6 nitrogen and oxygen atoms in total. The van der Waals surface area contributed by atoms with E-state index in [1.165, 1.54) is 31.3 Å². The van der Waals surface area contributed by atoms with Crippen LogP contribution in [0.2, 0.25) is 5.02 Å². The number of carboxylic acids is 2. The summed E-state index contributed by atoms with van der Waals surface area (Å²) < 4.78 is 5.22. The molecule has 0 amide bonds. The van der Waals surface area contributed by atoms with Crippen molar-refractivity contribution in [1.82, 2.24) is 0 Å². The molecule has 2 N–H and O–H groups in total. The second-order valence-electron chi connectivity index (χ2n) is 4.90. The van der Waals surface area contributed by atoms with Crippen molar-refractivity contribution >= 4 is 35.4 Å². The van der Waals surface area contributed by atoms with Gasteiger partial charge in [0.05, 0.1) is 16.3 Å². The number of rotatable bonds is 6. The number of hydrogen-bond donors (Lipinski definition) is 2. The van der Waals surface area contributed by atoms with Crippen LogP contribution in [0.25, 0.3) is 0 Å². The summed E-state index contributed by atoms with van der Waals surface area (Å²) >= 11 is 6.00. The van der Waals surface area contributed by atoms with Gasteiger partial charge in [-0.3, -0.25) is 4.99 Å². The third-order valence-electron chi connectivity index (χ3n) is 3.09. The number of hydrogen-bond acceptors (Lipinski definition) is 4. The molecule has 2 rings (SSSR count). The summed E-state index contributed by atoms with van der Waals surface area (Å²) in [4.78, 5) is 25.9. The highest BCUT2D eigenvalue weighted by Gasteiger charge is 2.12. The average Bonchev–Trinajstić information content (AvgIpc) is 2.55. The number of halogens is 1. The smallest absolute Gasteiger partial charge is 0.344 e. The van der Waals surface area contributed by atoms with Gasteiger partial charge in [0, 0.05) is 6.21 Å². The summed E-state index contributed by atoms with van der Waals surface area (Å²) in [5.74, 6) is -1.68. The van der Waals surface area contributed by atoms with Gasteiger partial charge in [-0.1, -0.05) is 11.6 Å². The van der Waals surface area contributed by atoms with E-state index >= 15 is 0 Å². The number of ether oxygens (including phenoxy) is 1. The van der Waals surface area contributed by atoms with E-state index in [2.05, 4.69) is 4.99 Å². The molecule has 0 aliphatic rings. The van der Waals surface area contributed by atoms with Crippen molar-refractivity contribution < 1.29 is 24.5 Å². The number of nitrogens with zero attached hydrogens (tertiary/aromatic N) is 1. The molecule has 2 aromatic carbocycles. The SMILES string of the molecule is C[C@H](Oc1ccc(C=Nc2cc(C(=O)O)ccc2Cl)cc1)C(=O)O. The molecule has 2 aromatic rings. The van der Waals surface area contributed by atoms with E-state index in [0.717, 1.165) is 5.56 Å². The number of aliphatic carboxylic acids is 1. The fraction of sp³-hybridized carbons (Fsp3) is 0.118. The van der Waals surface area contributed by atoms with E-state index in [9.17, 15) is 9.59 Å². The maximum Gasteiger partial charge on any atom is 0.344 e. The maximum atomic E-state index is 11.0. The first-order valence-corrected chi connectivity index (χ1v) is 7.31. The second kappa shape index (κ2) is 7.61. The molecule has 0 fully saturated rings. The van der Waals surface area contributed by atoms with Gasteiger partial charge in [0.2, 0.25) is 0 Å². The van der Waals surface area contributed by atoms with Crippen LogP contribution in [0.1, 0.15) is 22.8 Å². The Morgan fingerprint density at radius 3 is 2.42 bits per heavy atom. The minimum absolute atomic E-state index is 0.0953. The summed E-state index contributed by atoms with van der Waals surface area (Å²) in [7, 11) is 0. The topological polar surface area (TPSA) is 96.2 Å². The van der Waals surface area contributed by atoms with E-state index in [1.807, 2.05) is 0 Å². The van der Waals surface area contributed by atoms with Crippen LogP contribution in [0, 0.1) is 0 Å². The molecule has 1 atom stereocenters. The Balaban J connectivity index is 2.14. The summed E-state index contributed by atoms with van der Waals surface area (Å²) in [6.45, 7) is 1.44. The molecule has 0 bridgehead atoms. The number of benzene rings is 2. The van der Waals surface area contributed by atoms with Gasteiger partial charge < -0.3 is 14.9 Å². The zero-order valence-corrected chi connectivity index (χ0v) is 13.4. The van der Waals surface area contributed by atoms with Crippen LogP contribution in [0.3, 0.4) is 0 Å². The van der Waals surface area contributed by atoms with E-state index in [1.54, 1.807) is 24.3 Å². The van der Waals surface area contributed by atoms with Gasteiger partial charge in [-0.2, -0.15) is 0 Å². The molecular weight excluding hydrogens is 334 g/mol. The number of aliphatic imine (C=N–C) groups is 1. The lowest BCUT2D eigenvalue weighted by atomic mass is 10.2. The van der Waals surface area contributed by atoms with Crippen molar-refractivity contribution in [2.24, 2.45) is 4.99 Å². The lowest BCUT2D eigenvalue weighted by Gasteiger charge is -2.09. The van der Waals surface area contributed by atoms with Gasteiger partial charge in [-0.25, -0.2) is 9.59 Å². The first kappa shape index (κ1) is 17.5. The van der Waals surface area contributed by atoms with Crippen molar-refractivity contribution in [3.05, 3.63) is 58.6 Å². The average molecular weight is 348 g/mol. The molecule has 0 aliphatic heterocycles. The van der Waals surface area contributed by atoms with Crippen molar-refractivity contribution in [2.45, 2.75) is 13.0 Å². The van der Waals surface area contributed by atoms with E-state index in [0.29, 0.717) is 16.5 Å². The van der Waals surface area contributed by atoms with E-state index in [-0.39, 0.29) is 5.56 Å². The Labute approximate surface area is 143 Å². The lowest BCUT2D eigenvalue weighted by Crippen LogP contribution is -2.22. The molecule has 0 unspecified atom stereocenters. The normalized spacial score (nSPS) is 12.1. The summed E-state index contributed by atoms with van der Waals surface area (Å²) in [6.07, 6.45) is 0.583. The molecule has 7 heteroatoms. The van der Waals surface area contributed by atoms with Crippen molar-refractivity contribution in [3.8, 4) is 5.75 Å². The molecule has 0 saturated carbocycles. The van der Waals surface area contributed by atoms with Crippen LogP contribution in [-0.2, 0) is 4.79 Å². The number of aromatic carboxylic acids is 1. The molecule has 24 heavy (non-hydrogen) atoms. The second-order valence-corrected chi connectivity index (χ2v) is 5.30. The molecule has 0 heterocycles. The number of carboxylic acid groups (broad SMARTS) is 2. The van der Waals surface area contributed by atoms with E-state index < -0.39 is 18.0 Å². The van der Waals surface area contributed by atoms with Gasteiger partial charge in [-0.05, 0) is 55.0 Å². The van der Waals surface area contributed by atoms with Gasteiger partial charge in [-0.15, -0.1) is 0 Å². The molecule has 0 aliphatic carbocycles. The molecule has 0 aromatic heterocycles. The minimum Gasteiger partial charge on any atom is -0.479 e. The van der Waals surface area contributed by atoms with Crippen LogP contribution in [-0.4, -0.2) is 34.5 Å². The fourth-order valence-electron chi connectivity index (χ4n) is 1.78. The Hall–Kier alpha value is -2.86. The zero-order valence-electron chi connectivity index (χ0n) is 12.6. The van der Waals surface area contributed by atoms with Crippen molar-refractivity contribution in [1.29, 1.82) is 0 Å². The minimum atomic E-state index is -1.06. The van der Waals surface area contributed by atoms with Gasteiger partial charge >= 0.3 is 11.9 Å². The standard InChI is InChI=1S/C17H14ClNO5/c1-10(16(20)21)24-13-5-2-11(3-6-13)9-19-15-8-12(17(22)23)4-7-14(15)18/h2-10H,1H3,(H,20,21)(H,22,23)/t10-/m0/s1. The van der Waals surface area contributed by atoms with E-state index in [4.69, 9.17) is 26.6 Å². The fourth-order valence-corrected chi connectivity index (χ4v) is 1.94. The zero-order chi connectivity index (χ0) is 17.7. The van der Waals surface area contributed by atoms with Gasteiger partial charge in [0.1, 0.15) is 5.75 Å². The van der Waals surface area contributed by atoms with Gasteiger partial charge in [0.15, 0.2) is 6.10 Å². The Morgan fingerprint density at radius 1 is 1.17 bits per heavy atom. The van der Waals surface area contributed by atoms with Crippen molar-refractivity contribution in [2.75, 3.05) is 0 Å². The Kier molecular flexibility index (Phi) is 5.55. The first-order chi connectivity index (χ1) is 11.4. The highest BCUT2D eigenvalue weighted by molar-refractivity contribution is 6.33. The Morgan fingerprint density at radius 2 is 1.83 bits per heavy atom. The Bertz CT molecular complexity index is 786. The third-order valence-corrected chi connectivity index (χ3v) is 3.41. The highest BCUT2D eigenvalue weighted by Crippen LogP contribution is 2.26. The van der Waals surface area contributed by atoms with Crippen LogP contribution >= 0.6 is 11.6 Å². The largest absolute Gasteiger partial charge is 0.479 e. The molecule has 0 saturated heterocycles. The summed E-state index contributed by atoms with van der Waals surface area (Å²) in [5.41, 5.74) is 1.16. The predicted octanol–water partition coefficient (Wildman–Crippen LogP) is 3.64. The van der Waals surface area contributed by atoms with Crippen LogP contribution < -0.4 is 4.74 Å². The highest BCUT2D eigenvalue weighted by atomic mass is 35.5. The van der Waals surface area contributed by atoms with Crippen LogP contribution in [0.5, 0.6) is 5.75 Å². The molecule has 124 valence electrons.